The maximum atomic E-state index is 6.36. The van der Waals surface area contributed by atoms with Gasteiger partial charge in [-0.25, -0.2) is 4.42 Å². The van der Waals surface area contributed by atoms with Crippen molar-refractivity contribution in [3.63, 3.8) is 0 Å². The van der Waals surface area contributed by atoms with Crippen LogP contribution in [0.25, 0.3) is 39.9 Å². The van der Waals surface area contributed by atoms with E-state index in [0.29, 0.717) is 0 Å². The molecule has 0 unspecified atom stereocenters. The molecule has 1 aliphatic heterocycles. The van der Waals surface area contributed by atoms with E-state index < -0.39 is 0 Å². The first-order chi connectivity index (χ1) is 20.9. The lowest BCUT2D eigenvalue weighted by Gasteiger charge is -2.18. The molecule has 2 heterocycles. The third kappa shape index (κ3) is 7.63. The minimum Gasteiger partial charge on any atom is -0.457 e. The second-order valence-electron chi connectivity index (χ2n) is 9.78. The van der Waals surface area contributed by atoms with Crippen LogP contribution in [0, 0.1) is 0 Å². The highest BCUT2D eigenvalue weighted by atomic mass is 79.9. The average Bonchev–Trinajstić information content (AvgIpc) is 3.02. The van der Waals surface area contributed by atoms with E-state index in [-0.39, 0.29) is 0 Å². The number of rotatable bonds is 6. The van der Waals surface area contributed by atoms with E-state index in [1.807, 2.05) is 91.0 Å². The van der Waals surface area contributed by atoms with Crippen LogP contribution in [-0.4, -0.2) is 0 Å². The number of hydrogen-bond donors (Lipinski definition) is 0. The Hall–Kier alpha value is -3.29. The molecule has 6 heteroatoms. The summed E-state index contributed by atoms with van der Waals surface area (Å²) < 4.78 is 16.8. The summed E-state index contributed by atoms with van der Waals surface area (Å²) in [5, 5.41) is 0. The second-order valence-corrected chi connectivity index (χ2v) is 13.4. The normalized spacial score (nSPS) is 14.0. The van der Waals surface area contributed by atoms with Gasteiger partial charge in [0.15, 0.2) is 0 Å². The van der Waals surface area contributed by atoms with Crippen LogP contribution in [0.1, 0.15) is 16.9 Å². The SMILES string of the molecule is Brc1ccc(C2=C/C(=C\C=C\c3cc(-c4ccc(Br)cc4)cc(-c4ccc(Br)cc4)[o+]3)OC(c3ccc(Br)cc3)=C2)cc1. The van der Waals surface area contributed by atoms with Crippen LogP contribution in [0.4, 0.5) is 0 Å². The molecule has 4 aromatic carbocycles. The second kappa shape index (κ2) is 13.6. The largest absolute Gasteiger partial charge is 0.457 e. The maximum Gasteiger partial charge on any atom is 0.361 e. The molecule has 0 atom stereocenters. The summed E-state index contributed by atoms with van der Waals surface area (Å²) in [7, 11) is 0. The fourth-order valence-electron chi connectivity index (χ4n) is 4.58. The van der Waals surface area contributed by atoms with Gasteiger partial charge in [0, 0.05) is 35.1 Å². The van der Waals surface area contributed by atoms with Crippen LogP contribution >= 0.6 is 63.7 Å². The Morgan fingerprint density at radius 1 is 0.512 bits per heavy atom. The van der Waals surface area contributed by atoms with Gasteiger partial charge in [0.1, 0.15) is 11.5 Å². The van der Waals surface area contributed by atoms with Gasteiger partial charge >= 0.3 is 11.5 Å². The van der Waals surface area contributed by atoms with Crippen molar-refractivity contribution in [1.29, 1.82) is 0 Å². The Morgan fingerprint density at radius 3 is 1.60 bits per heavy atom. The highest BCUT2D eigenvalue weighted by molar-refractivity contribution is 9.11. The molecule has 0 N–H and O–H groups in total. The molecule has 0 radical (unpaired) electrons. The van der Waals surface area contributed by atoms with Gasteiger partial charge in [0.25, 0.3) is 0 Å². The molecule has 0 bridgehead atoms. The molecular formula is C37H23Br4O2+. The van der Waals surface area contributed by atoms with Gasteiger partial charge in [-0.1, -0.05) is 100 Å². The lowest BCUT2D eigenvalue weighted by molar-refractivity contribution is 0.398. The van der Waals surface area contributed by atoms with Gasteiger partial charge in [-0.2, -0.15) is 0 Å². The molecule has 2 nitrogen and oxygen atoms in total. The van der Waals surface area contributed by atoms with Gasteiger partial charge in [0.2, 0.25) is 0 Å². The predicted molar refractivity (Wildman–Crippen MR) is 192 cm³/mol. The molecule has 0 spiro atoms. The first-order valence-electron chi connectivity index (χ1n) is 13.4. The monoisotopic (exact) mass is 815 g/mol. The number of halogens is 4. The number of hydrogen-bond acceptors (Lipinski definition) is 1. The van der Waals surface area contributed by atoms with Gasteiger partial charge in [-0.15, -0.1) is 0 Å². The maximum absolute atomic E-state index is 6.36. The van der Waals surface area contributed by atoms with E-state index in [4.69, 9.17) is 9.15 Å². The zero-order valence-electron chi connectivity index (χ0n) is 22.6. The van der Waals surface area contributed by atoms with Crippen molar-refractivity contribution in [2.45, 2.75) is 0 Å². The minimum absolute atomic E-state index is 0.729. The van der Waals surface area contributed by atoms with E-state index in [1.54, 1.807) is 0 Å². The van der Waals surface area contributed by atoms with Crippen LogP contribution in [0.2, 0.25) is 0 Å². The van der Waals surface area contributed by atoms with Gasteiger partial charge < -0.3 is 4.74 Å². The van der Waals surface area contributed by atoms with Crippen molar-refractivity contribution >= 4 is 81.1 Å². The minimum atomic E-state index is 0.729. The van der Waals surface area contributed by atoms with E-state index in [2.05, 4.69) is 112 Å². The van der Waals surface area contributed by atoms with Crippen molar-refractivity contribution in [1.82, 2.24) is 0 Å². The summed E-state index contributed by atoms with van der Waals surface area (Å²) in [5.74, 6) is 3.03. The summed E-state index contributed by atoms with van der Waals surface area (Å²) in [5.41, 5.74) is 6.33. The van der Waals surface area contributed by atoms with Crippen molar-refractivity contribution in [3.8, 4) is 22.5 Å². The van der Waals surface area contributed by atoms with Crippen LogP contribution in [0.3, 0.4) is 0 Å². The Bertz CT molecular complexity index is 1820. The Labute approximate surface area is 284 Å². The molecule has 1 aliphatic rings. The molecule has 0 amide bonds. The highest BCUT2D eigenvalue weighted by Gasteiger charge is 2.18. The smallest absolute Gasteiger partial charge is 0.361 e. The topological polar surface area (TPSA) is 20.5 Å². The van der Waals surface area contributed by atoms with Gasteiger partial charge in [-0.3, -0.25) is 0 Å². The molecule has 43 heavy (non-hydrogen) atoms. The van der Waals surface area contributed by atoms with Crippen molar-refractivity contribution < 1.29 is 9.15 Å². The van der Waals surface area contributed by atoms with E-state index in [9.17, 15) is 0 Å². The van der Waals surface area contributed by atoms with Crippen LogP contribution in [0.5, 0.6) is 0 Å². The van der Waals surface area contributed by atoms with Crippen molar-refractivity contribution in [3.05, 3.63) is 174 Å². The quantitative estimate of drug-likeness (QED) is 0.159. The number of allylic oxidation sites excluding steroid dienone is 5. The van der Waals surface area contributed by atoms with Gasteiger partial charge in [-0.05, 0) is 102 Å². The Balaban J connectivity index is 1.36. The molecule has 210 valence electrons. The van der Waals surface area contributed by atoms with Crippen LogP contribution < -0.4 is 0 Å². The molecule has 6 rings (SSSR count). The molecule has 0 aliphatic carbocycles. The Kier molecular flexibility index (Phi) is 9.39. The summed E-state index contributed by atoms with van der Waals surface area (Å²) >= 11 is 14.1. The molecule has 5 aromatic rings. The number of ether oxygens (including phenoxy) is 1. The van der Waals surface area contributed by atoms with Crippen LogP contribution in [0.15, 0.2) is 162 Å². The van der Waals surface area contributed by atoms with E-state index in [0.717, 1.165) is 74.3 Å². The van der Waals surface area contributed by atoms with Crippen LogP contribution in [-0.2, 0) is 4.74 Å². The molecule has 1 aromatic heterocycles. The molecule has 0 saturated carbocycles. The van der Waals surface area contributed by atoms with Crippen molar-refractivity contribution in [2.75, 3.05) is 0 Å². The third-order valence-electron chi connectivity index (χ3n) is 6.76. The van der Waals surface area contributed by atoms with Gasteiger partial charge in [0.05, 0.1) is 17.7 Å². The summed E-state index contributed by atoms with van der Waals surface area (Å²) in [4.78, 5) is 0. The zero-order chi connectivity index (χ0) is 29.8. The summed E-state index contributed by atoms with van der Waals surface area (Å²) in [6.45, 7) is 0. The molecule has 0 fully saturated rings. The van der Waals surface area contributed by atoms with E-state index in [1.165, 1.54) is 0 Å². The highest BCUT2D eigenvalue weighted by Crippen LogP contribution is 2.34. The standard InChI is InChI=1S/C37H23Br4O2/c38-30-12-4-24(5-13-30)28-20-34(42-36(22-28)26-8-16-32(40)17-9-26)2-1-3-35-21-29(25-6-14-31(39)15-7-25)23-37(43-35)27-10-18-33(41)19-11-27/h1-23H/q+1. The Morgan fingerprint density at radius 2 is 1.02 bits per heavy atom. The molecular weight excluding hydrogens is 796 g/mol. The number of benzene rings is 4. The molecule has 0 saturated heterocycles. The summed E-state index contributed by atoms with van der Waals surface area (Å²) in [6.07, 6.45) is 10.0. The lowest BCUT2D eigenvalue weighted by atomic mass is 10.0. The fraction of sp³-hybridized carbons (Fsp3) is 0. The third-order valence-corrected chi connectivity index (χ3v) is 8.87. The summed E-state index contributed by atoms with van der Waals surface area (Å²) in [6, 6.07) is 37.0. The first kappa shape index (κ1) is 29.8. The zero-order valence-corrected chi connectivity index (χ0v) is 29.0. The first-order valence-corrected chi connectivity index (χ1v) is 16.6. The average molecular weight is 819 g/mol. The van der Waals surface area contributed by atoms with Crippen molar-refractivity contribution in [2.24, 2.45) is 0 Å². The van der Waals surface area contributed by atoms with E-state index >= 15 is 0 Å². The lowest BCUT2D eigenvalue weighted by Crippen LogP contribution is -1.99. The predicted octanol–water partition coefficient (Wildman–Crippen LogP) is 13.0. The fourth-order valence-corrected chi connectivity index (χ4v) is 5.63.